The average molecular weight is 492 g/mol. The molecule has 4 rings (SSSR count). The van der Waals surface area contributed by atoms with Crippen molar-refractivity contribution >= 4 is 46.5 Å². The van der Waals surface area contributed by atoms with Gasteiger partial charge >= 0.3 is 12.0 Å². The summed E-state index contributed by atoms with van der Waals surface area (Å²) in [6, 6.07) is 5.63. The molecule has 0 bridgehead atoms. The second-order valence-corrected chi connectivity index (χ2v) is 9.62. The highest BCUT2D eigenvalue weighted by Gasteiger charge is 2.39. The number of anilines is 1. The Bertz CT molecular complexity index is 1060. The molecule has 0 radical (unpaired) electrons. The van der Waals surface area contributed by atoms with Gasteiger partial charge in [0.15, 0.2) is 0 Å². The third-order valence-electron chi connectivity index (χ3n) is 6.17. The first-order chi connectivity index (χ1) is 15.9. The highest BCUT2D eigenvalue weighted by atomic mass is 35.5. The summed E-state index contributed by atoms with van der Waals surface area (Å²) < 4.78 is 5.22. The Hall–Kier alpha value is -2.62. The van der Waals surface area contributed by atoms with Crippen LogP contribution < -0.4 is 10.2 Å². The molecule has 33 heavy (non-hydrogen) atoms. The van der Waals surface area contributed by atoms with E-state index < -0.39 is 18.0 Å². The fraction of sp³-hybridized carbons (Fsp3) is 0.435. The molecule has 2 N–H and O–H groups in total. The van der Waals surface area contributed by atoms with E-state index in [9.17, 15) is 19.5 Å². The van der Waals surface area contributed by atoms with E-state index in [1.165, 1.54) is 16.9 Å². The van der Waals surface area contributed by atoms with Gasteiger partial charge in [0.25, 0.3) is 5.91 Å². The lowest BCUT2D eigenvalue weighted by molar-refractivity contribution is -0.141. The number of nitrogens with zero attached hydrogens (tertiary/aromatic N) is 2. The third kappa shape index (κ3) is 5.00. The third-order valence-corrected chi connectivity index (χ3v) is 7.49. The molecule has 2 aliphatic heterocycles. The summed E-state index contributed by atoms with van der Waals surface area (Å²) in [6.45, 7) is 0.993. The smallest absolute Gasteiger partial charge is 0.326 e. The standard InChI is InChI=1S/C23H26ClN3O5S/c1-32-16-11-19(22(29)30)27(13-16)23(31)25-12-15-6-5-14(10-17(15)24)21(28)26-8-3-2-4-20-18(26)7-9-33-20/h5-7,9-10,16,19H,2-4,8,11-13H2,1H3,(H,25,31)(H,29,30)/t16-,19+/m1/s1. The second-order valence-electron chi connectivity index (χ2n) is 8.21. The number of carbonyl (C=O) groups excluding carboxylic acids is 2. The molecular formula is C23H26ClN3O5S. The molecular weight excluding hydrogens is 466 g/mol. The summed E-state index contributed by atoms with van der Waals surface area (Å²) in [4.78, 5) is 41.6. The maximum atomic E-state index is 13.2. The van der Waals surface area contributed by atoms with Crippen molar-refractivity contribution in [2.75, 3.05) is 25.1 Å². The Morgan fingerprint density at radius 1 is 1.27 bits per heavy atom. The van der Waals surface area contributed by atoms with Gasteiger partial charge in [0.05, 0.1) is 11.8 Å². The normalized spacial score (nSPS) is 20.3. The quantitative estimate of drug-likeness (QED) is 0.663. The summed E-state index contributed by atoms with van der Waals surface area (Å²) in [7, 11) is 1.50. The average Bonchev–Trinajstić information content (AvgIpc) is 3.40. The summed E-state index contributed by atoms with van der Waals surface area (Å²) in [6.07, 6.45) is 2.93. The van der Waals surface area contributed by atoms with Crippen LogP contribution in [0, 0.1) is 0 Å². The molecule has 3 amide bonds. The number of methoxy groups -OCH3 is 1. The number of benzene rings is 1. The van der Waals surface area contributed by atoms with Gasteiger partial charge in [-0.3, -0.25) is 4.79 Å². The van der Waals surface area contributed by atoms with E-state index in [-0.39, 0.29) is 31.5 Å². The zero-order chi connectivity index (χ0) is 23.5. The minimum Gasteiger partial charge on any atom is -0.480 e. The number of aryl methyl sites for hydroxylation is 1. The highest BCUT2D eigenvalue weighted by molar-refractivity contribution is 7.10. The number of carboxylic acids is 1. The molecule has 8 nitrogen and oxygen atoms in total. The number of carboxylic acid groups (broad SMARTS) is 1. The van der Waals surface area contributed by atoms with Gasteiger partial charge in [-0.05, 0) is 48.4 Å². The predicted octanol–water partition coefficient (Wildman–Crippen LogP) is 3.77. The molecule has 0 spiro atoms. The largest absolute Gasteiger partial charge is 0.480 e. The number of carbonyl (C=O) groups is 3. The topological polar surface area (TPSA) is 99.2 Å². The Kier molecular flexibility index (Phi) is 7.21. The zero-order valence-electron chi connectivity index (χ0n) is 18.3. The lowest BCUT2D eigenvalue weighted by Gasteiger charge is -2.22. The molecule has 0 unspecified atom stereocenters. The van der Waals surface area contributed by atoms with E-state index in [2.05, 4.69) is 5.32 Å². The lowest BCUT2D eigenvalue weighted by Crippen LogP contribution is -2.46. The van der Waals surface area contributed by atoms with Crippen LogP contribution in [0.4, 0.5) is 10.5 Å². The van der Waals surface area contributed by atoms with E-state index in [0.717, 1.165) is 24.9 Å². The van der Waals surface area contributed by atoms with Gasteiger partial charge in [-0.15, -0.1) is 11.3 Å². The number of urea groups is 1. The summed E-state index contributed by atoms with van der Waals surface area (Å²) in [5, 5.41) is 14.5. The Morgan fingerprint density at radius 3 is 2.82 bits per heavy atom. The maximum Gasteiger partial charge on any atom is 0.326 e. The van der Waals surface area contributed by atoms with Crippen LogP contribution in [0.15, 0.2) is 29.6 Å². The molecule has 0 aliphatic carbocycles. The number of aliphatic carboxylic acids is 1. The molecule has 1 aromatic heterocycles. The zero-order valence-corrected chi connectivity index (χ0v) is 19.8. The summed E-state index contributed by atoms with van der Waals surface area (Å²) in [5.41, 5.74) is 2.11. The fourth-order valence-electron chi connectivity index (χ4n) is 4.33. The molecule has 2 atom stereocenters. The van der Waals surface area contributed by atoms with Gasteiger partial charge in [0, 0.05) is 48.6 Å². The number of rotatable bonds is 5. The van der Waals surface area contributed by atoms with Crippen molar-refractivity contribution in [2.24, 2.45) is 0 Å². The molecule has 1 aromatic carbocycles. The van der Waals surface area contributed by atoms with Crippen LogP contribution in [0.25, 0.3) is 0 Å². The van der Waals surface area contributed by atoms with E-state index in [1.54, 1.807) is 29.5 Å². The van der Waals surface area contributed by atoms with Crippen LogP contribution in [0.3, 0.4) is 0 Å². The molecule has 2 aromatic rings. The molecule has 10 heteroatoms. The van der Waals surface area contributed by atoms with Gasteiger partial charge in [-0.25, -0.2) is 9.59 Å². The van der Waals surface area contributed by atoms with E-state index in [4.69, 9.17) is 16.3 Å². The number of nitrogens with one attached hydrogen (secondary N) is 1. The van der Waals surface area contributed by atoms with Crippen molar-refractivity contribution in [3.8, 4) is 0 Å². The number of likely N-dealkylation sites (tertiary alicyclic amines) is 1. The first-order valence-electron chi connectivity index (χ1n) is 10.9. The van der Waals surface area contributed by atoms with E-state index in [0.29, 0.717) is 22.7 Å². The van der Waals surface area contributed by atoms with Crippen molar-refractivity contribution in [1.29, 1.82) is 0 Å². The monoisotopic (exact) mass is 491 g/mol. The van der Waals surface area contributed by atoms with Crippen LogP contribution in [0.1, 0.15) is 40.1 Å². The SMILES string of the molecule is CO[C@@H]1C[C@@H](C(=O)O)N(C(=O)NCc2ccc(C(=O)N3CCCCc4sccc43)cc2Cl)C1. The molecule has 3 heterocycles. The number of fused-ring (bicyclic) bond motifs is 1. The minimum absolute atomic E-state index is 0.0963. The van der Waals surface area contributed by atoms with Gasteiger partial charge in [-0.2, -0.15) is 0 Å². The van der Waals surface area contributed by atoms with Crippen molar-refractivity contribution in [1.82, 2.24) is 10.2 Å². The van der Waals surface area contributed by atoms with Gasteiger partial charge < -0.3 is 25.0 Å². The summed E-state index contributed by atoms with van der Waals surface area (Å²) in [5.74, 6) is -1.16. The molecule has 2 aliphatic rings. The number of hydrogen-bond acceptors (Lipinski definition) is 5. The number of hydrogen-bond donors (Lipinski definition) is 2. The van der Waals surface area contributed by atoms with Crippen LogP contribution >= 0.6 is 22.9 Å². The first-order valence-corrected chi connectivity index (χ1v) is 12.1. The first kappa shape index (κ1) is 23.5. The Labute approximate surface area is 201 Å². The van der Waals surface area contributed by atoms with Gasteiger partial charge in [-0.1, -0.05) is 17.7 Å². The Balaban J connectivity index is 1.43. The number of amides is 3. The van der Waals surface area contributed by atoms with Crippen molar-refractivity contribution < 1.29 is 24.2 Å². The maximum absolute atomic E-state index is 13.2. The molecule has 0 saturated carbocycles. The van der Waals surface area contributed by atoms with Crippen LogP contribution in [-0.2, 0) is 22.5 Å². The van der Waals surface area contributed by atoms with Crippen LogP contribution in [0.2, 0.25) is 5.02 Å². The molecule has 1 fully saturated rings. The Morgan fingerprint density at radius 2 is 2.09 bits per heavy atom. The highest BCUT2D eigenvalue weighted by Crippen LogP contribution is 2.32. The fourth-order valence-corrected chi connectivity index (χ4v) is 5.50. The predicted molar refractivity (Wildman–Crippen MR) is 126 cm³/mol. The van der Waals surface area contributed by atoms with Crippen LogP contribution in [-0.4, -0.2) is 60.3 Å². The molecule has 176 valence electrons. The number of halogens is 1. The van der Waals surface area contributed by atoms with E-state index in [1.807, 2.05) is 16.3 Å². The van der Waals surface area contributed by atoms with Crippen LogP contribution in [0.5, 0.6) is 0 Å². The lowest BCUT2D eigenvalue weighted by atomic mass is 10.1. The summed E-state index contributed by atoms with van der Waals surface area (Å²) >= 11 is 8.12. The number of thiophene rings is 1. The van der Waals surface area contributed by atoms with Crippen molar-refractivity contribution in [3.63, 3.8) is 0 Å². The van der Waals surface area contributed by atoms with E-state index >= 15 is 0 Å². The second kappa shape index (κ2) is 10.1. The minimum atomic E-state index is -1.06. The molecule has 1 saturated heterocycles. The van der Waals surface area contributed by atoms with Crippen molar-refractivity contribution in [2.45, 2.75) is 44.4 Å². The van der Waals surface area contributed by atoms with Crippen molar-refractivity contribution in [3.05, 3.63) is 50.7 Å². The van der Waals surface area contributed by atoms with Gasteiger partial charge in [0.1, 0.15) is 6.04 Å². The van der Waals surface area contributed by atoms with Gasteiger partial charge in [0.2, 0.25) is 0 Å². The number of ether oxygens (including phenoxy) is 1.